The Morgan fingerprint density at radius 1 is 1.04 bits per heavy atom. The Hall–Kier alpha value is -2.33. The number of carbonyl (C=O) groups is 1. The number of pyridine rings is 1. The molecule has 0 fully saturated rings. The lowest BCUT2D eigenvalue weighted by Gasteiger charge is -2.10. The zero-order valence-corrected chi connectivity index (χ0v) is 16.3. The Labute approximate surface area is 159 Å². The number of carbonyl (C=O) groups excluding carboxylic acids is 1. The van der Waals surface area contributed by atoms with E-state index >= 15 is 0 Å². The number of rotatable bonds is 6. The van der Waals surface area contributed by atoms with E-state index in [0.29, 0.717) is 12.3 Å². The first kappa shape index (κ1) is 18.5. The average Bonchev–Trinajstić information content (AvgIpc) is 2.61. The van der Waals surface area contributed by atoms with Crippen LogP contribution in [0.1, 0.15) is 22.3 Å². The molecule has 0 aliphatic carbocycles. The van der Waals surface area contributed by atoms with Crippen LogP contribution in [0.25, 0.3) is 10.9 Å². The summed E-state index contributed by atoms with van der Waals surface area (Å²) in [4.78, 5) is 16.9. The van der Waals surface area contributed by atoms with E-state index in [4.69, 9.17) is 4.98 Å². The smallest absolute Gasteiger partial charge is 0.230 e. The summed E-state index contributed by atoms with van der Waals surface area (Å²) in [5.41, 5.74) is 5.80. The first-order valence-corrected chi connectivity index (χ1v) is 9.83. The molecule has 3 rings (SSSR count). The number of nitrogens with zero attached hydrogens (tertiary/aromatic N) is 1. The lowest BCUT2D eigenvalue weighted by Crippen LogP contribution is -2.27. The molecule has 3 aromatic rings. The molecule has 2 aromatic carbocycles. The molecule has 0 saturated heterocycles. The molecule has 26 heavy (non-hydrogen) atoms. The molecule has 4 heteroatoms. The van der Waals surface area contributed by atoms with Gasteiger partial charge in [-0.15, -0.1) is 0 Å². The molecule has 1 heterocycles. The molecule has 134 valence electrons. The van der Waals surface area contributed by atoms with Crippen molar-refractivity contribution in [3.63, 3.8) is 0 Å². The Balaban J connectivity index is 1.58. The van der Waals surface area contributed by atoms with Crippen LogP contribution in [0, 0.1) is 20.8 Å². The van der Waals surface area contributed by atoms with E-state index in [0.717, 1.165) is 22.5 Å². The standard InChI is InChI=1S/C22H24N2OS/c1-15-11-16(2)19-13-17(3)22(24-20(19)12-15)26-14-21(25)23-10-9-18-7-5-4-6-8-18/h4-8,11-13H,9-10,14H2,1-3H3,(H,23,25). The fraction of sp³-hybridized carbons (Fsp3) is 0.273. The summed E-state index contributed by atoms with van der Waals surface area (Å²) < 4.78 is 0. The van der Waals surface area contributed by atoms with Gasteiger partial charge in [-0.25, -0.2) is 4.98 Å². The Morgan fingerprint density at radius 3 is 2.58 bits per heavy atom. The maximum Gasteiger partial charge on any atom is 0.230 e. The summed E-state index contributed by atoms with van der Waals surface area (Å²) in [7, 11) is 0. The van der Waals surface area contributed by atoms with Crippen LogP contribution in [0.15, 0.2) is 53.6 Å². The van der Waals surface area contributed by atoms with Crippen LogP contribution in [0.5, 0.6) is 0 Å². The van der Waals surface area contributed by atoms with Crippen molar-refractivity contribution in [3.05, 3.63) is 70.8 Å². The highest BCUT2D eigenvalue weighted by Crippen LogP contribution is 2.27. The van der Waals surface area contributed by atoms with Crippen LogP contribution in [0.3, 0.4) is 0 Å². The van der Waals surface area contributed by atoms with Crippen molar-refractivity contribution < 1.29 is 4.79 Å². The van der Waals surface area contributed by atoms with Crippen LogP contribution in [0.4, 0.5) is 0 Å². The predicted molar refractivity (Wildman–Crippen MR) is 110 cm³/mol. The van der Waals surface area contributed by atoms with E-state index in [2.05, 4.69) is 56.4 Å². The second-order valence-corrected chi connectivity index (χ2v) is 7.60. The molecule has 0 atom stereocenters. The van der Waals surface area contributed by atoms with Crippen molar-refractivity contribution >= 4 is 28.6 Å². The van der Waals surface area contributed by atoms with Crippen molar-refractivity contribution in [1.29, 1.82) is 0 Å². The largest absolute Gasteiger partial charge is 0.355 e. The second kappa shape index (κ2) is 8.37. The number of thioether (sulfide) groups is 1. The van der Waals surface area contributed by atoms with Gasteiger partial charge in [0.1, 0.15) is 5.03 Å². The highest BCUT2D eigenvalue weighted by atomic mass is 32.2. The SMILES string of the molecule is Cc1cc(C)c2cc(C)c(SCC(=O)NCCc3ccccc3)nc2c1. The summed E-state index contributed by atoms with van der Waals surface area (Å²) in [6.45, 7) is 6.91. The Morgan fingerprint density at radius 2 is 1.81 bits per heavy atom. The van der Waals surface area contributed by atoms with E-state index < -0.39 is 0 Å². The highest BCUT2D eigenvalue weighted by Gasteiger charge is 2.09. The summed E-state index contributed by atoms with van der Waals surface area (Å²) in [5.74, 6) is 0.437. The van der Waals surface area contributed by atoms with Crippen LogP contribution < -0.4 is 5.32 Å². The monoisotopic (exact) mass is 364 g/mol. The number of aryl methyl sites for hydroxylation is 3. The number of aromatic nitrogens is 1. The third-order valence-electron chi connectivity index (χ3n) is 4.35. The molecule has 0 radical (unpaired) electrons. The van der Waals surface area contributed by atoms with Gasteiger partial charge in [-0.2, -0.15) is 0 Å². The second-order valence-electron chi connectivity index (χ2n) is 6.63. The Bertz CT molecular complexity index is 922. The minimum Gasteiger partial charge on any atom is -0.355 e. The molecule has 1 amide bonds. The van der Waals surface area contributed by atoms with Crippen molar-refractivity contribution in [3.8, 4) is 0 Å². The zero-order valence-electron chi connectivity index (χ0n) is 15.5. The molecular formula is C22H24N2OS. The maximum absolute atomic E-state index is 12.1. The minimum absolute atomic E-state index is 0.0488. The van der Waals surface area contributed by atoms with Gasteiger partial charge in [0.2, 0.25) is 5.91 Å². The molecule has 0 aliphatic heterocycles. The fourth-order valence-corrected chi connectivity index (χ4v) is 3.85. The molecule has 0 aliphatic rings. The lowest BCUT2D eigenvalue weighted by atomic mass is 10.1. The number of hydrogen-bond donors (Lipinski definition) is 1. The van der Waals surface area contributed by atoms with E-state index in [1.165, 1.54) is 33.8 Å². The Kier molecular flexibility index (Phi) is 5.94. The van der Waals surface area contributed by atoms with E-state index in [-0.39, 0.29) is 5.91 Å². The number of nitrogens with one attached hydrogen (secondary N) is 1. The predicted octanol–water partition coefficient (Wildman–Crippen LogP) is 4.61. The molecule has 3 nitrogen and oxygen atoms in total. The highest BCUT2D eigenvalue weighted by molar-refractivity contribution is 7.99. The van der Waals surface area contributed by atoms with Gasteiger partial charge in [0, 0.05) is 11.9 Å². The van der Waals surface area contributed by atoms with Crippen molar-refractivity contribution in [1.82, 2.24) is 10.3 Å². The topological polar surface area (TPSA) is 42.0 Å². The van der Waals surface area contributed by atoms with Gasteiger partial charge < -0.3 is 5.32 Å². The fourth-order valence-electron chi connectivity index (χ4n) is 3.03. The molecule has 0 spiro atoms. The van der Waals surface area contributed by atoms with Gasteiger partial charge in [-0.3, -0.25) is 4.79 Å². The molecule has 1 N–H and O–H groups in total. The van der Waals surface area contributed by atoms with Crippen LogP contribution in [0.2, 0.25) is 0 Å². The third-order valence-corrected chi connectivity index (χ3v) is 5.44. The first-order chi connectivity index (χ1) is 12.5. The summed E-state index contributed by atoms with van der Waals surface area (Å²) in [6.07, 6.45) is 0.850. The molecule has 1 aromatic heterocycles. The molecule has 0 saturated carbocycles. The van der Waals surface area contributed by atoms with Crippen molar-refractivity contribution in [2.24, 2.45) is 0 Å². The molecule has 0 unspecified atom stereocenters. The number of hydrogen-bond acceptors (Lipinski definition) is 3. The van der Waals surface area contributed by atoms with Crippen molar-refractivity contribution in [2.45, 2.75) is 32.2 Å². The third kappa shape index (κ3) is 4.64. The summed E-state index contributed by atoms with van der Waals surface area (Å²) in [6, 6.07) is 16.6. The molecule has 0 bridgehead atoms. The number of amides is 1. The number of benzene rings is 2. The lowest BCUT2D eigenvalue weighted by molar-refractivity contribution is -0.118. The normalized spacial score (nSPS) is 10.9. The van der Waals surface area contributed by atoms with E-state index in [1.807, 2.05) is 18.2 Å². The van der Waals surface area contributed by atoms with Gasteiger partial charge >= 0.3 is 0 Å². The van der Waals surface area contributed by atoms with Gasteiger partial charge in [0.25, 0.3) is 0 Å². The van der Waals surface area contributed by atoms with Crippen LogP contribution >= 0.6 is 11.8 Å². The van der Waals surface area contributed by atoms with E-state index in [1.54, 1.807) is 0 Å². The van der Waals surface area contributed by atoms with Gasteiger partial charge in [-0.1, -0.05) is 48.2 Å². The van der Waals surface area contributed by atoms with E-state index in [9.17, 15) is 4.79 Å². The molecular weight excluding hydrogens is 340 g/mol. The van der Waals surface area contributed by atoms with Gasteiger partial charge in [0.05, 0.1) is 11.3 Å². The van der Waals surface area contributed by atoms with Crippen LogP contribution in [-0.4, -0.2) is 23.2 Å². The summed E-state index contributed by atoms with van der Waals surface area (Å²) >= 11 is 1.50. The van der Waals surface area contributed by atoms with Gasteiger partial charge in [-0.05, 0) is 61.6 Å². The maximum atomic E-state index is 12.1. The van der Waals surface area contributed by atoms with Crippen molar-refractivity contribution in [2.75, 3.05) is 12.3 Å². The summed E-state index contributed by atoms with van der Waals surface area (Å²) in [5, 5.41) is 5.10. The van der Waals surface area contributed by atoms with Crippen LogP contribution in [-0.2, 0) is 11.2 Å². The first-order valence-electron chi connectivity index (χ1n) is 8.85. The average molecular weight is 365 g/mol. The number of fused-ring (bicyclic) bond motifs is 1. The zero-order chi connectivity index (χ0) is 18.5. The van der Waals surface area contributed by atoms with Gasteiger partial charge in [0.15, 0.2) is 0 Å². The minimum atomic E-state index is 0.0488. The quantitative estimate of drug-likeness (QED) is 0.650.